The molecule has 0 atom stereocenters. The molecule has 0 radical (unpaired) electrons. The quantitative estimate of drug-likeness (QED) is 0.623. The van der Waals surface area contributed by atoms with Crippen LogP contribution in [0.5, 0.6) is 5.75 Å². The van der Waals surface area contributed by atoms with Crippen molar-refractivity contribution in [1.82, 2.24) is 9.29 Å². The molecule has 0 amide bonds. The summed E-state index contributed by atoms with van der Waals surface area (Å²) in [7, 11) is -3.59. The summed E-state index contributed by atoms with van der Waals surface area (Å²) >= 11 is 0. The van der Waals surface area contributed by atoms with E-state index in [2.05, 4.69) is 41.3 Å². The maximum absolute atomic E-state index is 12.6. The largest absolute Gasteiger partial charge is 0.494 e. The molecule has 0 fully saturated rings. The van der Waals surface area contributed by atoms with Crippen LogP contribution in [0.15, 0.2) is 65.7 Å². The van der Waals surface area contributed by atoms with Crippen LogP contribution in [0.25, 0.3) is 0 Å². The highest BCUT2D eigenvalue weighted by molar-refractivity contribution is 7.89. The average molecular weight is 399 g/mol. The zero-order valence-electron chi connectivity index (χ0n) is 16.5. The van der Waals surface area contributed by atoms with Crippen molar-refractivity contribution < 1.29 is 13.2 Å². The van der Waals surface area contributed by atoms with Crippen molar-refractivity contribution in [3.8, 4) is 5.75 Å². The molecule has 5 nitrogen and oxygen atoms in total. The molecule has 28 heavy (non-hydrogen) atoms. The van der Waals surface area contributed by atoms with Gasteiger partial charge in [-0.1, -0.05) is 23.8 Å². The van der Waals surface area contributed by atoms with Crippen LogP contribution >= 0.6 is 0 Å². The summed E-state index contributed by atoms with van der Waals surface area (Å²) in [5, 5.41) is 0. The molecular formula is C22H26N2O3S. The molecule has 0 saturated heterocycles. The van der Waals surface area contributed by atoms with Crippen LogP contribution in [0.4, 0.5) is 0 Å². The molecule has 6 heteroatoms. The first kappa shape index (κ1) is 20.2. The maximum Gasteiger partial charge on any atom is 0.240 e. The Morgan fingerprint density at radius 3 is 2.50 bits per heavy atom. The predicted octanol–water partition coefficient (Wildman–Crippen LogP) is 4.03. The number of rotatable bonds is 8. The molecule has 0 aliphatic carbocycles. The molecule has 0 bridgehead atoms. The lowest BCUT2D eigenvalue weighted by atomic mass is 10.1. The minimum absolute atomic E-state index is 0.226. The highest BCUT2D eigenvalue weighted by Crippen LogP contribution is 2.17. The summed E-state index contributed by atoms with van der Waals surface area (Å²) in [4.78, 5) is 0.226. The fraction of sp³-hybridized carbons (Fsp3) is 0.273. The Hall–Kier alpha value is -2.57. The fourth-order valence-corrected chi connectivity index (χ4v) is 4.05. The van der Waals surface area contributed by atoms with Gasteiger partial charge in [0.15, 0.2) is 0 Å². The van der Waals surface area contributed by atoms with Crippen molar-refractivity contribution in [3.63, 3.8) is 0 Å². The van der Waals surface area contributed by atoms with E-state index in [9.17, 15) is 8.42 Å². The average Bonchev–Trinajstić information content (AvgIpc) is 3.11. The van der Waals surface area contributed by atoms with Crippen LogP contribution in [-0.2, 0) is 23.1 Å². The normalized spacial score (nSPS) is 11.5. The summed E-state index contributed by atoms with van der Waals surface area (Å²) in [5.41, 5.74) is 4.58. The SMILES string of the molecule is CCOc1ccc(S(=O)(=O)NCc2cccn2Cc2cc(C)ccc2C)cc1. The van der Waals surface area contributed by atoms with Gasteiger partial charge < -0.3 is 9.30 Å². The van der Waals surface area contributed by atoms with Crippen molar-refractivity contribution >= 4 is 10.0 Å². The van der Waals surface area contributed by atoms with Crippen LogP contribution in [0.3, 0.4) is 0 Å². The maximum atomic E-state index is 12.6. The van der Waals surface area contributed by atoms with Gasteiger partial charge in [0.2, 0.25) is 10.0 Å². The number of aromatic nitrogens is 1. The highest BCUT2D eigenvalue weighted by atomic mass is 32.2. The topological polar surface area (TPSA) is 60.3 Å². The molecule has 1 heterocycles. The molecule has 0 aliphatic heterocycles. The zero-order valence-corrected chi connectivity index (χ0v) is 17.3. The number of benzene rings is 2. The number of ether oxygens (including phenoxy) is 1. The van der Waals surface area contributed by atoms with E-state index in [4.69, 9.17) is 4.74 Å². The van der Waals surface area contributed by atoms with Gasteiger partial charge in [-0.3, -0.25) is 0 Å². The van der Waals surface area contributed by atoms with E-state index in [0.717, 1.165) is 5.69 Å². The third-order valence-electron chi connectivity index (χ3n) is 4.66. The van der Waals surface area contributed by atoms with Crippen LogP contribution in [-0.4, -0.2) is 19.6 Å². The van der Waals surface area contributed by atoms with Gasteiger partial charge in [-0.2, -0.15) is 0 Å². The highest BCUT2D eigenvalue weighted by Gasteiger charge is 2.15. The first-order valence-electron chi connectivity index (χ1n) is 9.31. The van der Waals surface area contributed by atoms with Gasteiger partial charge in [-0.15, -0.1) is 0 Å². The second-order valence-corrected chi connectivity index (χ2v) is 8.55. The molecular weight excluding hydrogens is 372 g/mol. The minimum Gasteiger partial charge on any atom is -0.494 e. The number of hydrogen-bond donors (Lipinski definition) is 1. The summed E-state index contributed by atoms with van der Waals surface area (Å²) in [5.74, 6) is 0.656. The monoisotopic (exact) mass is 398 g/mol. The van der Waals surface area contributed by atoms with Crippen molar-refractivity contribution in [2.75, 3.05) is 6.61 Å². The second-order valence-electron chi connectivity index (χ2n) is 6.79. The Morgan fingerprint density at radius 1 is 1.04 bits per heavy atom. The van der Waals surface area contributed by atoms with Gasteiger partial charge in [0.05, 0.1) is 18.0 Å². The second kappa shape index (κ2) is 8.63. The molecule has 0 saturated carbocycles. The summed E-state index contributed by atoms with van der Waals surface area (Å²) in [6.45, 7) is 7.53. The fourth-order valence-electron chi connectivity index (χ4n) is 3.05. The standard InChI is InChI=1S/C22H26N2O3S/c1-4-27-21-9-11-22(12-10-21)28(25,26)23-15-20-6-5-13-24(20)16-19-14-17(2)7-8-18(19)3/h5-14,23H,4,15-16H2,1-3H3. The van der Waals surface area contributed by atoms with E-state index < -0.39 is 10.0 Å². The van der Waals surface area contributed by atoms with Crippen molar-refractivity contribution in [2.45, 2.75) is 38.8 Å². The van der Waals surface area contributed by atoms with Crippen molar-refractivity contribution in [1.29, 1.82) is 0 Å². The molecule has 148 valence electrons. The Labute approximate surface area is 167 Å². The molecule has 2 aromatic carbocycles. The first-order chi connectivity index (χ1) is 13.4. The lowest BCUT2D eigenvalue weighted by Gasteiger charge is -2.13. The smallest absolute Gasteiger partial charge is 0.240 e. The zero-order chi connectivity index (χ0) is 20.1. The molecule has 1 aromatic heterocycles. The van der Waals surface area contributed by atoms with Gasteiger partial charge in [0.1, 0.15) is 5.75 Å². The van der Waals surface area contributed by atoms with E-state index in [0.29, 0.717) is 18.9 Å². The Balaban J connectivity index is 1.71. The number of hydrogen-bond acceptors (Lipinski definition) is 3. The molecule has 0 unspecified atom stereocenters. The van der Waals surface area contributed by atoms with E-state index in [-0.39, 0.29) is 11.4 Å². The van der Waals surface area contributed by atoms with E-state index >= 15 is 0 Å². The third kappa shape index (κ3) is 4.82. The van der Waals surface area contributed by atoms with Crippen LogP contribution in [0.1, 0.15) is 29.3 Å². The number of aryl methyl sites for hydroxylation is 2. The molecule has 3 rings (SSSR count). The van der Waals surface area contributed by atoms with Gasteiger partial charge in [0, 0.05) is 18.4 Å². The van der Waals surface area contributed by atoms with E-state index in [1.807, 2.05) is 25.3 Å². The van der Waals surface area contributed by atoms with Gasteiger partial charge in [0.25, 0.3) is 0 Å². The summed E-state index contributed by atoms with van der Waals surface area (Å²) in [6, 6.07) is 16.7. The van der Waals surface area contributed by atoms with E-state index in [1.54, 1.807) is 24.3 Å². The first-order valence-corrected chi connectivity index (χ1v) is 10.8. The predicted molar refractivity (Wildman–Crippen MR) is 111 cm³/mol. The minimum atomic E-state index is -3.59. The van der Waals surface area contributed by atoms with Gasteiger partial charge >= 0.3 is 0 Å². The molecule has 1 N–H and O–H groups in total. The Bertz CT molecular complexity index is 1040. The molecule has 0 aliphatic rings. The molecule has 3 aromatic rings. The summed E-state index contributed by atoms with van der Waals surface area (Å²) < 4.78 is 35.3. The summed E-state index contributed by atoms with van der Waals surface area (Å²) in [6.07, 6.45) is 1.97. The lowest BCUT2D eigenvalue weighted by Crippen LogP contribution is -2.24. The van der Waals surface area contributed by atoms with E-state index in [1.165, 1.54) is 16.7 Å². The molecule has 0 spiro atoms. The van der Waals surface area contributed by atoms with Gasteiger partial charge in [-0.05, 0) is 68.3 Å². The van der Waals surface area contributed by atoms with Crippen LogP contribution < -0.4 is 9.46 Å². The lowest BCUT2D eigenvalue weighted by molar-refractivity contribution is 0.340. The Morgan fingerprint density at radius 2 is 1.79 bits per heavy atom. The third-order valence-corrected chi connectivity index (χ3v) is 6.07. The Kier molecular flexibility index (Phi) is 6.21. The number of sulfonamides is 1. The number of nitrogens with one attached hydrogen (secondary N) is 1. The van der Waals surface area contributed by atoms with Gasteiger partial charge in [-0.25, -0.2) is 13.1 Å². The van der Waals surface area contributed by atoms with Crippen molar-refractivity contribution in [2.24, 2.45) is 0 Å². The van der Waals surface area contributed by atoms with Crippen LogP contribution in [0, 0.1) is 13.8 Å². The number of nitrogens with zero attached hydrogens (tertiary/aromatic N) is 1. The van der Waals surface area contributed by atoms with Crippen molar-refractivity contribution in [3.05, 3.63) is 83.2 Å². The van der Waals surface area contributed by atoms with Crippen LogP contribution in [0.2, 0.25) is 0 Å².